The summed E-state index contributed by atoms with van der Waals surface area (Å²) in [7, 11) is 0. The van der Waals surface area contributed by atoms with Crippen LogP contribution in [-0.4, -0.2) is 10.1 Å². The average molecular weight is 310 g/mol. The summed E-state index contributed by atoms with van der Waals surface area (Å²) in [5.41, 5.74) is -0.771. The number of halogens is 4. The highest BCUT2D eigenvalue weighted by molar-refractivity contribution is 6.30. The largest absolute Gasteiger partial charge is 0.433 e. The lowest BCUT2D eigenvalue weighted by Gasteiger charge is -2.23. The van der Waals surface area contributed by atoms with Crippen LogP contribution in [0.2, 0.25) is 5.15 Å². The smallest absolute Gasteiger partial charge is 0.388 e. The second kappa shape index (κ2) is 7.27. The van der Waals surface area contributed by atoms with Gasteiger partial charge in [0.1, 0.15) is 10.8 Å². The topological polar surface area (TPSA) is 33.1 Å². The van der Waals surface area contributed by atoms with Crippen LogP contribution < -0.4 is 0 Å². The standard InChI is InChI=1S/C14H19ClF3NO/c1-3-5-9(6-4-2)12(20)10-7-8-11(14(16,17)18)19-13(10)15/h7-9,12,20H,3-6H2,1-2H3. The molecule has 0 aromatic carbocycles. The van der Waals surface area contributed by atoms with Gasteiger partial charge in [0, 0.05) is 5.56 Å². The van der Waals surface area contributed by atoms with E-state index in [1.165, 1.54) is 6.07 Å². The first-order chi connectivity index (χ1) is 9.31. The number of pyridine rings is 1. The van der Waals surface area contributed by atoms with Crippen LogP contribution >= 0.6 is 11.6 Å². The van der Waals surface area contributed by atoms with E-state index < -0.39 is 18.0 Å². The van der Waals surface area contributed by atoms with Crippen LogP contribution in [0.5, 0.6) is 0 Å². The van der Waals surface area contributed by atoms with E-state index in [1.54, 1.807) is 0 Å². The van der Waals surface area contributed by atoms with Crippen molar-refractivity contribution in [2.24, 2.45) is 5.92 Å². The molecule has 0 spiro atoms. The summed E-state index contributed by atoms with van der Waals surface area (Å²) >= 11 is 5.80. The molecule has 1 N–H and O–H groups in total. The second-order valence-corrected chi connectivity index (χ2v) is 5.21. The molecule has 0 bridgehead atoms. The SMILES string of the molecule is CCCC(CCC)C(O)c1ccc(C(F)(F)F)nc1Cl. The van der Waals surface area contributed by atoms with Gasteiger partial charge in [-0.15, -0.1) is 0 Å². The number of aromatic nitrogens is 1. The average Bonchev–Trinajstić information content (AvgIpc) is 2.36. The lowest BCUT2D eigenvalue weighted by Crippen LogP contribution is -2.15. The monoisotopic (exact) mass is 309 g/mol. The van der Waals surface area contributed by atoms with Gasteiger partial charge in [-0.05, 0) is 24.8 Å². The third-order valence-electron chi connectivity index (χ3n) is 3.25. The van der Waals surface area contributed by atoms with Crippen molar-refractivity contribution in [3.63, 3.8) is 0 Å². The lowest BCUT2D eigenvalue weighted by atomic mass is 9.89. The summed E-state index contributed by atoms with van der Waals surface area (Å²) in [6.07, 6.45) is -2.02. The molecular weight excluding hydrogens is 291 g/mol. The summed E-state index contributed by atoms with van der Waals surface area (Å²) in [4.78, 5) is 3.35. The van der Waals surface area contributed by atoms with E-state index in [4.69, 9.17) is 11.6 Å². The minimum atomic E-state index is -4.53. The number of alkyl halides is 3. The van der Waals surface area contributed by atoms with Gasteiger partial charge in [0.05, 0.1) is 6.10 Å². The van der Waals surface area contributed by atoms with E-state index in [-0.39, 0.29) is 16.6 Å². The summed E-state index contributed by atoms with van der Waals surface area (Å²) in [6.45, 7) is 4.00. The molecule has 1 aromatic rings. The fraction of sp³-hybridized carbons (Fsp3) is 0.643. The summed E-state index contributed by atoms with van der Waals surface area (Å²) in [6, 6.07) is 2.08. The molecule has 0 fully saturated rings. The Labute approximate surface area is 122 Å². The molecule has 0 saturated heterocycles. The van der Waals surface area contributed by atoms with Crippen LogP contribution in [-0.2, 0) is 6.18 Å². The van der Waals surface area contributed by atoms with Crippen LogP contribution in [0.4, 0.5) is 13.2 Å². The van der Waals surface area contributed by atoms with Gasteiger partial charge in [0.2, 0.25) is 0 Å². The predicted molar refractivity (Wildman–Crippen MR) is 72.5 cm³/mol. The number of aliphatic hydroxyl groups excluding tert-OH is 1. The van der Waals surface area contributed by atoms with Crippen molar-refractivity contribution in [1.82, 2.24) is 4.98 Å². The molecule has 2 nitrogen and oxygen atoms in total. The van der Waals surface area contributed by atoms with Gasteiger partial charge in [-0.25, -0.2) is 4.98 Å². The molecule has 0 radical (unpaired) electrons. The van der Waals surface area contributed by atoms with Crippen LogP contribution in [0.1, 0.15) is 56.9 Å². The van der Waals surface area contributed by atoms with Gasteiger partial charge in [0.15, 0.2) is 0 Å². The first-order valence-corrected chi connectivity index (χ1v) is 7.10. The molecule has 1 rings (SSSR count). The van der Waals surface area contributed by atoms with E-state index >= 15 is 0 Å². The first kappa shape index (κ1) is 17.2. The molecule has 6 heteroatoms. The van der Waals surface area contributed by atoms with E-state index in [0.717, 1.165) is 31.7 Å². The number of aliphatic hydroxyl groups is 1. The van der Waals surface area contributed by atoms with Crippen molar-refractivity contribution < 1.29 is 18.3 Å². The van der Waals surface area contributed by atoms with Gasteiger partial charge in [-0.2, -0.15) is 13.2 Å². The molecular formula is C14H19ClF3NO. The Hall–Kier alpha value is -0.810. The Kier molecular flexibility index (Phi) is 6.27. The molecule has 0 aliphatic rings. The lowest BCUT2D eigenvalue weighted by molar-refractivity contribution is -0.141. The molecule has 0 saturated carbocycles. The molecule has 1 atom stereocenters. The number of hydrogen-bond donors (Lipinski definition) is 1. The van der Waals surface area contributed by atoms with Crippen molar-refractivity contribution >= 4 is 11.6 Å². The minimum Gasteiger partial charge on any atom is -0.388 e. The highest BCUT2D eigenvalue weighted by atomic mass is 35.5. The third-order valence-corrected chi connectivity index (χ3v) is 3.55. The van der Waals surface area contributed by atoms with Crippen LogP contribution in [0.25, 0.3) is 0 Å². The van der Waals surface area contributed by atoms with Gasteiger partial charge >= 0.3 is 6.18 Å². The quantitative estimate of drug-likeness (QED) is 0.750. The second-order valence-electron chi connectivity index (χ2n) is 4.86. The number of nitrogens with zero attached hydrogens (tertiary/aromatic N) is 1. The summed E-state index contributed by atoms with van der Waals surface area (Å²) in [5, 5.41) is 10.0. The van der Waals surface area contributed by atoms with E-state index in [0.29, 0.717) is 0 Å². The van der Waals surface area contributed by atoms with Crippen LogP contribution in [0, 0.1) is 5.92 Å². The maximum atomic E-state index is 12.5. The summed E-state index contributed by atoms with van der Waals surface area (Å²) < 4.78 is 37.6. The first-order valence-electron chi connectivity index (χ1n) is 6.72. The Morgan fingerprint density at radius 2 is 1.75 bits per heavy atom. The molecule has 114 valence electrons. The van der Waals surface area contributed by atoms with E-state index in [1.807, 2.05) is 13.8 Å². The molecule has 1 aromatic heterocycles. The fourth-order valence-electron chi connectivity index (χ4n) is 2.28. The number of rotatable bonds is 6. The Bertz CT molecular complexity index is 431. The highest BCUT2D eigenvalue weighted by Gasteiger charge is 2.33. The van der Waals surface area contributed by atoms with Crippen LogP contribution in [0.15, 0.2) is 12.1 Å². The maximum absolute atomic E-state index is 12.5. The third kappa shape index (κ3) is 4.35. The zero-order chi connectivity index (χ0) is 15.3. The fourth-order valence-corrected chi connectivity index (χ4v) is 2.54. The van der Waals surface area contributed by atoms with Crippen LogP contribution in [0.3, 0.4) is 0 Å². The van der Waals surface area contributed by atoms with Crippen molar-refractivity contribution in [1.29, 1.82) is 0 Å². The van der Waals surface area contributed by atoms with Gasteiger partial charge in [-0.1, -0.05) is 44.4 Å². The van der Waals surface area contributed by atoms with Crippen molar-refractivity contribution in [3.8, 4) is 0 Å². The molecule has 0 aliphatic heterocycles. The van der Waals surface area contributed by atoms with E-state index in [9.17, 15) is 18.3 Å². The zero-order valence-electron chi connectivity index (χ0n) is 11.5. The van der Waals surface area contributed by atoms with Crippen molar-refractivity contribution in [2.45, 2.75) is 51.8 Å². The van der Waals surface area contributed by atoms with Gasteiger partial charge < -0.3 is 5.11 Å². The Morgan fingerprint density at radius 1 is 1.20 bits per heavy atom. The molecule has 1 unspecified atom stereocenters. The number of hydrogen-bond acceptors (Lipinski definition) is 2. The normalized spacial score (nSPS) is 13.8. The predicted octanol–water partition coefficient (Wildman–Crippen LogP) is 5.00. The maximum Gasteiger partial charge on any atom is 0.433 e. The minimum absolute atomic E-state index is 0.0129. The Morgan fingerprint density at radius 3 is 2.15 bits per heavy atom. The molecule has 0 aliphatic carbocycles. The van der Waals surface area contributed by atoms with Gasteiger partial charge in [0.25, 0.3) is 0 Å². The van der Waals surface area contributed by atoms with Gasteiger partial charge in [-0.3, -0.25) is 0 Å². The van der Waals surface area contributed by atoms with Crippen molar-refractivity contribution in [3.05, 3.63) is 28.5 Å². The Balaban J connectivity index is 3.00. The molecule has 1 heterocycles. The zero-order valence-corrected chi connectivity index (χ0v) is 12.3. The van der Waals surface area contributed by atoms with Crippen molar-refractivity contribution in [2.75, 3.05) is 0 Å². The van der Waals surface area contributed by atoms with E-state index in [2.05, 4.69) is 4.98 Å². The molecule has 0 amide bonds. The highest BCUT2D eigenvalue weighted by Crippen LogP contribution is 2.35. The summed E-state index contributed by atoms with van der Waals surface area (Å²) in [5.74, 6) is -0.0129. The molecule has 20 heavy (non-hydrogen) atoms.